The van der Waals surface area contributed by atoms with E-state index in [2.05, 4.69) is 5.32 Å². The highest BCUT2D eigenvalue weighted by Gasteiger charge is 2.39. The van der Waals surface area contributed by atoms with Crippen molar-refractivity contribution >= 4 is 17.9 Å². The number of piperidine rings is 1. The zero-order chi connectivity index (χ0) is 17.7. The Hall–Kier alpha value is -1.79. The van der Waals surface area contributed by atoms with E-state index in [4.69, 9.17) is 4.74 Å². The number of hydrogen-bond acceptors (Lipinski definition) is 4. The van der Waals surface area contributed by atoms with Gasteiger partial charge in [0.2, 0.25) is 11.8 Å². The zero-order valence-corrected chi connectivity index (χ0v) is 14.9. The predicted molar refractivity (Wildman–Crippen MR) is 89.3 cm³/mol. The van der Waals surface area contributed by atoms with E-state index < -0.39 is 0 Å². The standard InChI is InChI=1S/C17H29N3O4/c1-4-24-17(23)19-7-5-14(6-8-19)20-11-13(9-15(20)21)16(22)18-10-12(2)3/h12-14H,4-11H2,1-3H3,(H,18,22). The van der Waals surface area contributed by atoms with Crippen LogP contribution in [0.4, 0.5) is 4.79 Å². The highest BCUT2D eigenvalue weighted by Crippen LogP contribution is 2.26. The molecule has 0 aromatic carbocycles. The van der Waals surface area contributed by atoms with Gasteiger partial charge in [0.25, 0.3) is 0 Å². The second-order valence-electron chi connectivity index (χ2n) is 7.00. The second kappa shape index (κ2) is 8.35. The van der Waals surface area contributed by atoms with E-state index in [1.807, 2.05) is 18.7 Å². The van der Waals surface area contributed by atoms with Gasteiger partial charge in [0.15, 0.2) is 0 Å². The molecular weight excluding hydrogens is 310 g/mol. The third-order valence-electron chi connectivity index (χ3n) is 4.65. The molecule has 3 amide bonds. The molecule has 2 aliphatic rings. The summed E-state index contributed by atoms with van der Waals surface area (Å²) in [5, 5.41) is 2.92. The molecule has 0 aliphatic carbocycles. The average Bonchev–Trinajstić information content (AvgIpc) is 2.95. The SMILES string of the molecule is CCOC(=O)N1CCC(N2CC(C(=O)NCC(C)C)CC2=O)CC1. The number of hydrogen-bond donors (Lipinski definition) is 1. The number of amides is 3. The van der Waals surface area contributed by atoms with Gasteiger partial charge >= 0.3 is 6.09 Å². The number of carbonyl (C=O) groups excluding carboxylic acids is 3. The molecule has 2 fully saturated rings. The van der Waals surface area contributed by atoms with Crippen molar-refractivity contribution in [2.24, 2.45) is 11.8 Å². The van der Waals surface area contributed by atoms with Crippen molar-refractivity contribution < 1.29 is 19.1 Å². The Balaban J connectivity index is 1.82. The van der Waals surface area contributed by atoms with Gasteiger partial charge in [0.1, 0.15) is 0 Å². The molecule has 0 saturated carbocycles. The molecule has 2 rings (SSSR count). The number of rotatable bonds is 5. The topological polar surface area (TPSA) is 79.0 Å². The molecule has 0 spiro atoms. The Morgan fingerprint density at radius 2 is 1.96 bits per heavy atom. The quantitative estimate of drug-likeness (QED) is 0.817. The zero-order valence-electron chi connectivity index (χ0n) is 14.9. The van der Waals surface area contributed by atoms with Crippen LogP contribution in [0, 0.1) is 11.8 Å². The highest BCUT2D eigenvalue weighted by atomic mass is 16.6. The van der Waals surface area contributed by atoms with Gasteiger partial charge in [-0.25, -0.2) is 4.79 Å². The molecule has 2 saturated heterocycles. The molecule has 0 aromatic rings. The summed E-state index contributed by atoms with van der Waals surface area (Å²) in [6.07, 6.45) is 1.49. The monoisotopic (exact) mass is 339 g/mol. The molecule has 24 heavy (non-hydrogen) atoms. The summed E-state index contributed by atoms with van der Waals surface area (Å²) in [4.78, 5) is 39.7. The molecule has 1 unspecified atom stereocenters. The smallest absolute Gasteiger partial charge is 0.409 e. The van der Waals surface area contributed by atoms with Crippen LogP contribution in [0.15, 0.2) is 0 Å². The van der Waals surface area contributed by atoms with Gasteiger partial charge < -0.3 is 19.9 Å². The van der Waals surface area contributed by atoms with Gasteiger partial charge in [-0.1, -0.05) is 13.8 Å². The molecule has 2 aliphatic heterocycles. The van der Waals surface area contributed by atoms with Gasteiger partial charge in [-0.3, -0.25) is 9.59 Å². The Morgan fingerprint density at radius 3 is 2.54 bits per heavy atom. The van der Waals surface area contributed by atoms with Crippen molar-refractivity contribution in [3.63, 3.8) is 0 Å². The van der Waals surface area contributed by atoms with Crippen molar-refractivity contribution in [1.29, 1.82) is 0 Å². The Kier molecular flexibility index (Phi) is 6.45. The van der Waals surface area contributed by atoms with Gasteiger partial charge in [-0.2, -0.15) is 0 Å². The van der Waals surface area contributed by atoms with Gasteiger partial charge in [0.05, 0.1) is 12.5 Å². The molecule has 7 heteroatoms. The lowest BCUT2D eigenvalue weighted by Gasteiger charge is -2.36. The minimum Gasteiger partial charge on any atom is -0.450 e. The van der Waals surface area contributed by atoms with E-state index in [0.717, 1.165) is 12.8 Å². The van der Waals surface area contributed by atoms with Crippen LogP contribution in [0.1, 0.15) is 40.0 Å². The summed E-state index contributed by atoms with van der Waals surface area (Å²) in [6, 6.07) is 0.117. The molecule has 2 heterocycles. The summed E-state index contributed by atoms with van der Waals surface area (Å²) >= 11 is 0. The summed E-state index contributed by atoms with van der Waals surface area (Å²) in [7, 11) is 0. The van der Waals surface area contributed by atoms with Crippen LogP contribution in [0.25, 0.3) is 0 Å². The minimum atomic E-state index is -0.283. The Bertz CT molecular complexity index is 472. The normalized spacial score (nSPS) is 22.2. The van der Waals surface area contributed by atoms with Crippen molar-refractivity contribution in [3.05, 3.63) is 0 Å². The second-order valence-corrected chi connectivity index (χ2v) is 7.00. The lowest BCUT2D eigenvalue weighted by Crippen LogP contribution is -2.47. The molecular formula is C17H29N3O4. The lowest BCUT2D eigenvalue weighted by atomic mass is 10.0. The number of carbonyl (C=O) groups is 3. The average molecular weight is 339 g/mol. The van der Waals surface area contributed by atoms with Crippen molar-refractivity contribution in [1.82, 2.24) is 15.1 Å². The maximum Gasteiger partial charge on any atom is 0.409 e. The third-order valence-corrected chi connectivity index (χ3v) is 4.65. The fraction of sp³-hybridized carbons (Fsp3) is 0.824. The minimum absolute atomic E-state index is 0.0245. The third kappa shape index (κ3) is 4.61. The largest absolute Gasteiger partial charge is 0.450 e. The summed E-state index contributed by atoms with van der Waals surface area (Å²) in [5.41, 5.74) is 0. The first-order valence-electron chi connectivity index (χ1n) is 8.91. The number of nitrogens with zero attached hydrogens (tertiary/aromatic N) is 2. The van der Waals surface area contributed by atoms with E-state index in [1.54, 1.807) is 11.8 Å². The molecule has 0 radical (unpaired) electrons. The summed E-state index contributed by atoms with van der Waals surface area (Å²) in [5.74, 6) is 0.173. The van der Waals surface area contributed by atoms with Gasteiger partial charge in [-0.15, -0.1) is 0 Å². The fourth-order valence-electron chi connectivity index (χ4n) is 3.28. The lowest BCUT2D eigenvalue weighted by molar-refractivity contribution is -0.131. The van der Waals surface area contributed by atoms with E-state index >= 15 is 0 Å². The molecule has 1 atom stereocenters. The van der Waals surface area contributed by atoms with Crippen LogP contribution >= 0.6 is 0 Å². The number of nitrogens with one attached hydrogen (secondary N) is 1. The van der Waals surface area contributed by atoms with Gasteiger partial charge in [0, 0.05) is 38.6 Å². The van der Waals surface area contributed by atoms with E-state index in [9.17, 15) is 14.4 Å². The first-order valence-corrected chi connectivity index (χ1v) is 8.91. The Morgan fingerprint density at radius 1 is 1.29 bits per heavy atom. The van der Waals surface area contributed by atoms with Crippen LogP contribution in [-0.2, 0) is 14.3 Å². The van der Waals surface area contributed by atoms with Crippen molar-refractivity contribution in [2.45, 2.75) is 46.1 Å². The first-order chi connectivity index (χ1) is 11.4. The fourth-order valence-corrected chi connectivity index (χ4v) is 3.28. The van der Waals surface area contributed by atoms with E-state index in [-0.39, 0.29) is 29.9 Å². The van der Waals surface area contributed by atoms with Crippen LogP contribution in [0.2, 0.25) is 0 Å². The summed E-state index contributed by atoms with van der Waals surface area (Å²) in [6.45, 7) is 8.57. The van der Waals surface area contributed by atoms with Crippen LogP contribution in [-0.4, -0.2) is 66.5 Å². The van der Waals surface area contributed by atoms with Crippen molar-refractivity contribution in [2.75, 3.05) is 32.8 Å². The first kappa shape index (κ1) is 18.5. The maximum absolute atomic E-state index is 12.3. The molecule has 1 N–H and O–H groups in total. The Labute approximate surface area is 143 Å². The van der Waals surface area contributed by atoms with Crippen LogP contribution in [0.5, 0.6) is 0 Å². The maximum atomic E-state index is 12.3. The molecule has 0 bridgehead atoms. The van der Waals surface area contributed by atoms with E-state index in [1.165, 1.54) is 0 Å². The van der Waals surface area contributed by atoms with Crippen LogP contribution in [0.3, 0.4) is 0 Å². The van der Waals surface area contributed by atoms with E-state index in [0.29, 0.717) is 45.1 Å². The molecule has 7 nitrogen and oxygen atoms in total. The number of likely N-dealkylation sites (tertiary alicyclic amines) is 2. The van der Waals surface area contributed by atoms with Gasteiger partial charge in [-0.05, 0) is 25.7 Å². The summed E-state index contributed by atoms with van der Waals surface area (Å²) < 4.78 is 5.01. The number of ether oxygens (including phenoxy) is 1. The molecule has 136 valence electrons. The predicted octanol–water partition coefficient (Wildman–Crippen LogP) is 1.23. The molecule has 0 aromatic heterocycles. The van der Waals surface area contributed by atoms with Crippen molar-refractivity contribution in [3.8, 4) is 0 Å². The van der Waals surface area contributed by atoms with Crippen LogP contribution < -0.4 is 5.32 Å². The highest BCUT2D eigenvalue weighted by molar-refractivity contribution is 5.89.